The Morgan fingerprint density at radius 1 is 1.29 bits per heavy atom. The fourth-order valence-corrected chi connectivity index (χ4v) is 0.912. The van der Waals surface area contributed by atoms with Crippen LogP contribution in [-0.2, 0) is 14.3 Å². The molecule has 1 N–H and O–H groups in total. The van der Waals surface area contributed by atoms with Gasteiger partial charge in [0.1, 0.15) is 0 Å². The maximum Gasteiger partial charge on any atom is 0.331 e. The topological polar surface area (TPSA) is 63.6 Å². The van der Waals surface area contributed by atoms with Gasteiger partial charge >= 0.3 is 11.9 Å². The van der Waals surface area contributed by atoms with E-state index >= 15 is 0 Å². The minimum Gasteiger partial charge on any atom is -0.478 e. The van der Waals surface area contributed by atoms with Crippen molar-refractivity contribution < 1.29 is 19.4 Å². The molecule has 0 aromatic rings. The summed E-state index contributed by atoms with van der Waals surface area (Å²) < 4.78 is 4.85. The van der Waals surface area contributed by atoms with Crippen LogP contribution in [0.2, 0.25) is 0 Å². The summed E-state index contributed by atoms with van der Waals surface area (Å²) >= 11 is 0. The van der Waals surface area contributed by atoms with Gasteiger partial charge in [-0.2, -0.15) is 0 Å². The highest BCUT2D eigenvalue weighted by atomic mass is 16.5. The molecule has 0 aliphatic carbocycles. The molecule has 80 valence electrons. The van der Waals surface area contributed by atoms with E-state index in [0.717, 1.165) is 25.0 Å². The molecule has 0 rings (SSSR count). The Kier molecular flexibility index (Phi) is 6.45. The van der Waals surface area contributed by atoms with Gasteiger partial charge in [0.25, 0.3) is 0 Å². The molecule has 4 nitrogen and oxygen atoms in total. The molecule has 0 heterocycles. The number of carbonyl (C=O) groups is 2. The molecule has 0 bridgehead atoms. The lowest BCUT2D eigenvalue weighted by Gasteiger charge is -2.10. The molecular weight excluding hydrogens is 184 g/mol. The molecule has 0 aliphatic rings. The van der Waals surface area contributed by atoms with Gasteiger partial charge in [0.15, 0.2) is 0 Å². The summed E-state index contributed by atoms with van der Waals surface area (Å²) in [6.07, 6.45) is 3.60. The lowest BCUT2D eigenvalue weighted by Crippen LogP contribution is -2.11. The van der Waals surface area contributed by atoms with Crippen LogP contribution in [-0.4, -0.2) is 23.7 Å². The molecule has 0 aromatic heterocycles. The van der Waals surface area contributed by atoms with Crippen LogP contribution in [0.3, 0.4) is 0 Å². The van der Waals surface area contributed by atoms with E-state index in [9.17, 15) is 9.59 Å². The highest BCUT2D eigenvalue weighted by Crippen LogP contribution is 2.07. The predicted molar refractivity (Wildman–Crippen MR) is 51.8 cm³/mol. The highest BCUT2D eigenvalue weighted by Gasteiger charge is 2.06. The number of hydrogen-bond donors (Lipinski definition) is 1. The zero-order valence-corrected chi connectivity index (χ0v) is 8.53. The summed E-state index contributed by atoms with van der Waals surface area (Å²) in [5.41, 5.74) is 0. The number of carboxylic acids is 1. The SMILES string of the molecule is CCC(CC)COC(=O)C=CC(=O)O. The summed E-state index contributed by atoms with van der Waals surface area (Å²) in [5.74, 6) is -1.39. The van der Waals surface area contributed by atoms with Crippen molar-refractivity contribution >= 4 is 11.9 Å². The number of rotatable bonds is 6. The average Bonchev–Trinajstić information content (AvgIpc) is 2.16. The van der Waals surface area contributed by atoms with Crippen molar-refractivity contribution in [2.24, 2.45) is 5.92 Å². The molecule has 0 unspecified atom stereocenters. The van der Waals surface area contributed by atoms with Crippen molar-refractivity contribution in [3.63, 3.8) is 0 Å². The van der Waals surface area contributed by atoms with E-state index in [1.807, 2.05) is 13.8 Å². The molecule has 4 heteroatoms. The zero-order chi connectivity index (χ0) is 11.0. The Hall–Kier alpha value is -1.32. The Balaban J connectivity index is 3.78. The Labute approximate surface area is 83.6 Å². The van der Waals surface area contributed by atoms with Crippen molar-refractivity contribution in [2.75, 3.05) is 6.61 Å². The maximum atomic E-state index is 10.9. The third-order valence-corrected chi connectivity index (χ3v) is 1.98. The molecular formula is C10H16O4. The van der Waals surface area contributed by atoms with Gasteiger partial charge in [-0.15, -0.1) is 0 Å². The van der Waals surface area contributed by atoms with E-state index in [1.165, 1.54) is 0 Å². The quantitative estimate of drug-likeness (QED) is 0.522. The van der Waals surface area contributed by atoms with Crippen molar-refractivity contribution in [3.05, 3.63) is 12.2 Å². The van der Waals surface area contributed by atoms with Gasteiger partial charge < -0.3 is 9.84 Å². The van der Waals surface area contributed by atoms with Crippen molar-refractivity contribution in [1.29, 1.82) is 0 Å². The van der Waals surface area contributed by atoms with Gasteiger partial charge in [0, 0.05) is 12.2 Å². The molecule has 0 fully saturated rings. The van der Waals surface area contributed by atoms with Gasteiger partial charge in [-0.1, -0.05) is 26.7 Å². The summed E-state index contributed by atoms with van der Waals surface area (Å²) in [4.78, 5) is 21.0. The average molecular weight is 200 g/mol. The molecule has 0 aromatic carbocycles. The third kappa shape index (κ3) is 6.22. The summed E-state index contributed by atoms with van der Waals surface area (Å²) in [7, 11) is 0. The highest BCUT2D eigenvalue weighted by molar-refractivity contribution is 5.90. The van der Waals surface area contributed by atoms with Crippen LogP contribution in [0.25, 0.3) is 0 Å². The summed E-state index contributed by atoms with van der Waals surface area (Å²) in [6.45, 7) is 4.40. The van der Waals surface area contributed by atoms with E-state index in [-0.39, 0.29) is 0 Å². The van der Waals surface area contributed by atoms with Gasteiger partial charge in [-0.25, -0.2) is 9.59 Å². The van der Waals surface area contributed by atoms with Crippen LogP contribution in [0.15, 0.2) is 12.2 Å². The van der Waals surface area contributed by atoms with Gasteiger partial charge in [-0.3, -0.25) is 0 Å². The van der Waals surface area contributed by atoms with E-state index in [0.29, 0.717) is 12.5 Å². The minimum atomic E-state index is -1.15. The first-order chi connectivity index (χ1) is 6.60. The van der Waals surface area contributed by atoms with Crippen LogP contribution in [0.1, 0.15) is 26.7 Å². The second-order valence-corrected chi connectivity index (χ2v) is 2.98. The zero-order valence-electron chi connectivity index (χ0n) is 8.53. The minimum absolute atomic E-state index is 0.357. The monoisotopic (exact) mass is 200 g/mol. The summed E-state index contributed by atoms with van der Waals surface area (Å²) in [6, 6.07) is 0. The molecule has 0 saturated carbocycles. The first kappa shape index (κ1) is 12.7. The van der Waals surface area contributed by atoms with Crippen LogP contribution in [0.5, 0.6) is 0 Å². The Morgan fingerprint density at radius 2 is 1.86 bits per heavy atom. The molecule has 0 atom stereocenters. The summed E-state index contributed by atoms with van der Waals surface area (Å²) in [5, 5.41) is 8.24. The van der Waals surface area contributed by atoms with Crippen LogP contribution >= 0.6 is 0 Å². The molecule has 0 aliphatic heterocycles. The fourth-order valence-electron chi connectivity index (χ4n) is 0.912. The number of carbonyl (C=O) groups excluding carboxylic acids is 1. The van der Waals surface area contributed by atoms with E-state index in [1.54, 1.807) is 0 Å². The number of ether oxygens (including phenoxy) is 1. The molecule has 0 amide bonds. The van der Waals surface area contributed by atoms with E-state index in [2.05, 4.69) is 0 Å². The lowest BCUT2D eigenvalue weighted by atomic mass is 10.1. The first-order valence-corrected chi connectivity index (χ1v) is 4.67. The second-order valence-electron chi connectivity index (χ2n) is 2.98. The van der Waals surface area contributed by atoms with E-state index in [4.69, 9.17) is 9.84 Å². The van der Waals surface area contributed by atoms with Crippen molar-refractivity contribution in [2.45, 2.75) is 26.7 Å². The van der Waals surface area contributed by atoms with Crippen LogP contribution in [0, 0.1) is 5.92 Å². The number of carboxylic acid groups (broad SMARTS) is 1. The molecule has 0 saturated heterocycles. The molecule has 0 radical (unpaired) electrons. The molecule has 0 spiro atoms. The number of hydrogen-bond acceptors (Lipinski definition) is 3. The normalized spacial score (nSPS) is 10.8. The van der Waals surface area contributed by atoms with Gasteiger partial charge in [-0.05, 0) is 5.92 Å². The van der Waals surface area contributed by atoms with E-state index < -0.39 is 11.9 Å². The predicted octanol–water partition coefficient (Wildman–Crippen LogP) is 1.61. The fraction of sp³-hybridized carbons (Fsp3) is 0.600. The Bertz CT molecular complexity index is 216. The van der Waals surface area contributed by atoms with Crippen LogP contribution < -0.4 is 0 Å². The first-order valence-electron chi connectivity index (χ1n) is 4.67. The van der Waals surface area contributed by atoms with Crippen molar-refractivity contribution in [3.8, 4) is 0 Å². The standard InChI is InChI=1S/C10H16O4/c1-3-8(4-2)7-14-10(13)6-5-9(11)12/h5-6,8H,3-4,7H2,1-2H3,(H,11,12). The van der Waals surface area contributed by atoms with Crippen molar-refractivity contribution in [1.82, 2.24) is 0 Å². The third-order valence-electron chi connectivity index (χ3n) is 1.98. The van der Waals surface area contributed by atoms with Crippen LogP contribution in [0.4, 0.5) is 0 Å². The second kappa shape index (κ2) is 7.12. The molecule has 14 heavy (non-hydrogen) atoms. The largest absolute Gasteiger partial charge is 0.478 e. The maximum absolute atomic E-state index is 10.9. The smallest absolute Gasteiger partial charge is 0.331 e. The number of aliphatic carboxylic acids is 1. The van der Waals surface area contributed by atoms with Gasteiger partial charge in [0.2, 0.25) is 0 Å². The Morgan fingerprint density at radius 3 is 2.29 bits per heavy atom. The van der Waals surface area contributed by atoms with Gasteiger partial charge in [0.05, 0.1) is 6.61 Å². The number of esters is 1. The lowest BCUT2D eigenvalue weighted by molar-refractivity contribution is -0.140.